The van der Waals surface area contributed by atoms with Gasteiger partial charge in [0.2, 0.25) is 5.91 Å². The molecule has 0 fully saturated rings. The predicted molar refractivity (Wildman–Crippen MR) is 62.3 cm³/mol. The van der Waals surface area contributed by atoms with Crippen LogP contribution in [0.1, 0.15) is 18.1 Å². The Morgan fingerprint density at radius 1 is 1.41 bits per heavy atom. The molecule has 2 atom stereocenters. The first-order valence-electron chi connectivity index (χ1n) is 4.75. The van der Waals surface area contributed by atoms with E-state index in [1.165, 1.54) is 12.1 Å². The van der Waals surface area contributed by atoms with Gasteiger partial charge in [0, 0.05) is 10.6 Å². The number of phenols is 1. The second kappa shape index (κ2) is 5.22. The van der Waals surface area contributed by atoms with Crippen molar-refractivity contribution in [3.63, 3.8) is 0 Å². The Labute approximate surface area is 102 Å². The highest BCUT2D eigenvalue weighted by Gasteiger charge is 2.24. The number of anilines is 1. The van der Waals surface area contributed by atoms with Crippen molar-refractivity contribution in [2.75, 3.05) is 5.73 Å². The van der Waals surface area contributed by atoms with Gasteiger partial charge in [0.25, 0.3) is 0 Å². The minimum Gasteiger partial charge on any atom is -0.505 e. The number of primary amides is 1. The van der Waals surface area contributed by atoms with E-state index in [2.05, 4.69) is 0 Å². The maximum absolute atomic E-state index is 10.6. The number of nitrogens with two attached hydrogens (primary N) is 2. The Morgan fingerprint density at radius 2 is 2.00 bits per heavy atom. The zero-order valence-corrected chi connectivity index (χ0v) is 9.55. The van der Waals surface area contributed by atoms with Crippen LogP contribution in [-0.2, 0) is 4.79 Å². The number of phenolic OH excluding ortho intramolecular Hbond substituents is 1. The van der Waals surface area contributed by atoms with Gasteiger partial charge >= 0.3 is 0 Å². The minimum atomic E-state index is -1.50. The summed E-state index contributed by atoms with van der Waals surface area (Å²) in [5, 5.41) is 29.0. The van der Waals surface area contributed by atoms with Gasteiger partial charge in [0.15, 0.2) is 0 Å². The fourth-order valence-electron chi connectivity index (χ4n) is 1.39. The largest absolute Gasteiger partial charge is 0.505 e. The quantitative estimate of drug-likeness (QED) is 0.381. The smallest absolute Gasteiger partial charge is 0.220 e. The number of carbonyl (C=O) groups excluding carboxylic acids is 1. The normalized spacial score (nSPS) is 14.3. The maximum atomic E-state index is 10.6. The Kier molecular flexibility index (Phi) is 4.17. The molecule has 0 aromatic heterocycles. The Morgan fingerprint density at radius 3 is 2.53 bits per heavy atom. The maximum Gasteiger partial charge on any atom is 0.220 e. The molecular weight excluding hydrogens is 248 g/mol. The van der Waals surface area contributed by atoms with E-state index in [0.717, 1.165) is 0 Å². The molecule has 94 valence electrons. The van der Waals surface area contributed by atoms with Crippen LogP contribution in [0.5, 0.6) is 5.75 Å². The van der Waals surface area contributed by atoms with Gasteiger partial charge in [-0.25, -0.2) is 0 Å². The van der Waals surface area contributed by atoms with Crippen LogP contribution < -0.4 is 11.5 Å². The molecule has 0 aliphatic rings. The summed E-state index contributed by atoms with van der Waals surface area (Å²) in [6, 6.07) is 2.55. The van der Waals surface area contributed by atoms with Crippen LogP contribution in [-0.4, -0.2) is 27.3 Å². The Balaban J connectivity index is 3.03. The van der Waals surface area contributed by atoms with E-state index in [0.29, 0.717) is 0 Å². The van der Waals surface area contributed by atoms with Crippen LogP contribution in [0.4, 0.5) is 5.69 Å². The standard InChI is InChI=1S/C10H13ClN2O4/c11-4-1-5(9(16)6(12)2-4)10(17)7(14)3-8(13)15/h1-2,7,10,14,16-17H,3,12H2,(H2,13,15). The molecule has 0 radical (unpaired) electrons. The Bertz CT molecular complexity index is 439. The van der Waals surface area contributed by atoms with E-state index in [1.54, 1.807) is 0 Å². The summed E-state index contributed by atoms with van der Waals surface area (Å²) < 4.78 is 0. The summed E-state index contributed by atoms with van der Waals surface area (Å²) in [5.41, 5.74) is 10.2. The van der Waals surface area contributed by atoms with Crippen molar-refractivity contribution in [2.24, 2.45) is 5.73 Å². The highest BCUT2D eigenvalue weighted by Crippen LogP contribution is 2.35. The number of rotatable bonds is 4. The molecule has 0 aliphatic heterocycles. The third-order valence-corrected chi connectivity index (χ3v) is 2.45. The molecule has 0 saturated carbocycles. The predicted octanol–water partition coefficient (Wildman–Crippen LogP) is -0.103. The molecule has 7 heteroatoms. The monoisotopic (exact) mass is 260 g/mol. The zero-order chi connectivity index (χ0) is 13.2. The highest BCUT2D eigenvalue weighted by atomic mass is 35.5. The molecule has 6 nitrogen and oxygen atoms in total. The molecule has 0 bridgehead atoms. The SMILES string of the molecule is NC(=O)CC(O)C(O)c1cc(Cl)cc(N)c1O. The summed E-state index contributed by atoms with van der Waals surface area (Å²) in [7, 11) is 0. The summed E-state index contributed by atoms with van der Waals surface area (Å²) in [5.74, 6) is -1.16. The van der Waals surface area contributed by atoms with Gasteiger partial charge in [-0.2, -0.15) is 0 Å². The molecule has 7 N–H and O–H groups in total. The lowest BCUT2D eigenvalue weighted by Gasteiger charge is -2.18. The first kappa shape index (κ1) is 13.6. The summed E-state index contributed by atoms with van der Waals surface area (Å²) in [6.45, 7) is 0. The van der Waals surface area contributed by atoms with Crippen LogP contribution in [0.25, 0.3) is 0 Å². The fraction of sp³-hybridized carbons (Fsp3) is 0.300. The number of hydrogen-bond acceptors (Lipinski definition) is 5. The van der Waals surface area contributed by atoms with E-state index in [1.807, 2.05) is 0 Å². The van der Waals surface area contributed by atoms with Gasteiger partial charge < -0.3 is 26.8 Å². The molecule has 1 aromatic rings. The number of aliphatic hydroxyl groups is 2. The van der Waals surface area contributed by atoms with E-state index in [4.69, 9.17) is 23.1 Å². The van der Waals surface area contributed by atoms with Crippen molar-refractivity contribution >= 4 is 23.2 Å². The Hall–Kier alpha value is -1.50. The molecule has 1 aromatic carbocycles. The van der Waals surface area contributed by atoms with Gasteiger partial charge in [-0.1, -0.05) is 11.6 Å². The van der Waals surface area contributed by atoms with E-state index in [9.17, 15) is 20.1 Å². The minimum absolute atomic E-state index is 0.0298. The number of nitrogen functional groups attached to an aromatic ring is 1. The van der Waals surface area contributed by atoms with Crippen molar-refractivity contribution in [2.45, 2.75) is 18.6 Å². The first-order valence-corrected chi connectivity index (χ1v) is 5.13. The molecule has 0 spiro atoms. The number of aliphatic hydroxyl groups excluding tert-OH is 2. The lowest BCUT2D eigenvalue weighted by molar-refractivity contribution is -0.121. The van der Waals surface area contributed by atoms with Gasteiger partial charge in [0.05, 0.1) is 18.2 Å². The van der Waals surface area contributed by atoms with E-state index in [-0.39, 0.29) is 22.0 Å². The number of amides is 1. The highest BCUT2D eigenvalue weighted by molar-refractivity contribution is 6.31. The van der Waals surface area contributed by atoms with E-state index < -0.39 is 24.5 Å². The average Bonchev–Trinajstić information content (AvgIpc) is 2.21. The topological polar surface area (TPSA) is 130 Å². The zero-order valence-electron chi connectivity index (χ0n) is 8.80. The summed E-state index contributed by atoms with van der Waals surface area (Å²) in [6.07, 6.45) is -3.37. The van der Waals surface area contributed by atoms with Crippen molar-refractivity contribution in [1.29, 1.82) is 0 Å². The lowest BCUT2D eigenvalue weighted by Crippen LogP contribution is -2.25. The number of halogens is 1. The second-order valence-corrected chi connectivity index (χ2v) is 4.05. The third kappa shape index (κ3) is 3.23. The molecule has 17 heavy (non-hydrogen) atoms. The third-order valence-electron chi connectivity index (χ3n) is 2.23. The van der Waals surface area contributed by atoms with Crippen molar-refractivity contribution in [3.05, 3.63) is 22.7 Å². The first-order chi connectivity index (χ1) is 7.82. The molecule has 0 heterocycles. The number of hydrogen-bond donors (Lipinski definition) is 5. The van der Waals surface area contributed by atoms with Crippen LogP contribution in [0.2, 0.25) is 5.02 Å². The number of benzene rings is 1. The lowest BCUT2D eigenvalue weighted by atomic mass is 10.0. The second-order valence-electron chi connectivity index (χ2n) is 3.62. The number of aromatic hydroxyl groups is 1. The van der Waals surface area contributed by atoms with Gasteiger partial charge in [-0.15, -0.1) is 0 Å². The van der Waals surface area contributed by atoms with Crippen LogP contribution in [0, 0.1) is 0 Å². The molecule has 0 aliphatic carbocycles. The van der Waals surface area contributed by atoms with E-state index >= 15 is 0 Å². The fourth-order valence-corrected chi connectivity index (χ4v) is 1.63. The van der Waals surface area contributed by atoms with Crippen molar-refractivity contribution in [3.8, 4) is 5.75 Å². The average molecular weight is 261 g/mol. The summed E-state index contributed by atoms with van der Waals surface area (Å²) in [4.78, 5) is 10.6. The molecule has 1 rings (SSSR count). The van der Waals surface area contributed by atoms with Gasteiger partial charge in [0.1, 0.15) is 11.9 Å². The van der Waals surface area contributed by atoms with Crippen LogP contribution in [0.3, 0.4) is 0 Å². The summed E-state index contributed by atoms with van der Waals surface area (Å²) >= 11 is 5.70. The molecule has 2 unspecified atom stereocenters. The van der Waals surface area contributed by atoms with Gasteiger partial charge in [-0.3, -0.25) is 4.79 Å². The van der Waals surface area contributed by atoms with Gasteiger partial charge in [-0.05, 0) is 12.1 Å². The molecule has 1 amide bonds. The van der Waals surface area contributed by atoms with Crippen LogP contribution in [0.15, 0.2) is 12.1 Å². The van der Waals surface area contributed by atoms with Crippen LogP contribution >= 0.6 is 11.6 Å². The molecular formula is C10H13ClN2O4. The van der Waals surface area contributed by atoms with Crippen molar-refractivity contribution in [1.82, 2.24) is 0 Å². The number of carbonyl (C=O) groups is 1. The molecule has 0 saturated heterocycles. The van der Waals surface area contributed by atoms with Crippen molar-refractivity contribution < 1.29 is 20.1 Å².